The average Bonchev–Trinajstić information content (AvgIpc) is 2.05. The van der Waals surface area contributed by atoms with Crippen LogP contribution in [0.1, 0.15) is 5.56 Å². The smallest absolute Gasteiger partial charge is 0.0485 e. The molecule has 0 radical (unpaired) electrons. The van der Waals surface area contributed by atoms with Crippen LogP contribution in [0.3, 0.4) is 0 Å². The van der Waals surface area contributed by atoms with Crippen LogP contribution in [-0.4, -0.2) is 0 Å². The highest BCUT2D eigenvalue weighted by molar-refractivity contribution is 5.85. The van der Waals surface area contributed by atoms with Crippen molar-refractivity contribution in [3.8, 4) is 0 Å². The summed E-state index contributed by atoms with van der Waals surface area (Å²) < 4.78 is 0. The quantitative estimate of drug-likeness (QED) is 0.527. The number of rotatable bonds is 2. The van der Waals surface area contributed by atoms with Gasteiger partial charge in [-0.2, -0.15) is 0 Å². The Labute approximate surface area is 72.5 Å². The third kappa shape index (κ3) is 2.62. The number of nitrogens with one attached hydrogen (secondary N) is 1. The van der Waals surface area contributed by atoms with Crippen LogP contribution in [0.25, 0.3) is 6.08 Å². The van der Waals surface area contributed by atoms with E-state index in [0.717, 1.165) is 11.3 Å². The molecule has 0 bridgehead atoms. The van der Waals surface area contributed by atoms with Crippen LogP contribution in [0.2, 0.25) is 0 Å². The number of benzene rings is 1. The van der Waals surface area contributed by atoms with Crippen molar-refractivity contribution in [1.29, 1.82) is 0 Å². The number of hydrogen-bond donors (Lipinski definition) is 2. The molecule has 0 aliphatic rings. The van der Waals surface area contributed by atoms with E-state index in [9.17, 15) is 0 Å². The zero-order valence-electron chi connectivity index (χ0n) is 6.08. The average molecular weight is 171 g/mol. The van der Waals surface area contributed by atoms with Crippen molar-refractivity contribution in [1.82, 2.24) is 0 Å². The Hall–Kier alpha value is -0.990. The second-order valence-electron chi connectivity index (χ2n) is 1.97. The van der Waals surface area contributed by atoms with Gasteiger partial charge in [-0.1, -0.05) is 24.8 Å². The predicted octanol–water partition coefficient (Wildman–Crippen LogP) is 2.04. The van der Waals surface area contributed by atoms with Crippen molar-refractivity contribution in [2.24, 2.45) is 5.84 Å². The summed E-state index contributed by atoms with van der Waals surface area (Å²) in [7, 11) is 0. The molecule has 0 atom stereocenters. The summed E-state index contributed by atoms with van der Waals surface area (Å²) in [6.45, 7) is 3.63. The van der Waals surface area contributed by atoms with Gasteiger partial charge in [0, 0.05) is 5.69 Å². The molecule has 11 heavy (non-hydrogen) atoms. The third-order valence-corrected chi connectivity index (χ3v) is 1.31. The zero-order valence-corrected chi connectivity index (χ0v) is 6.90. The molecule has 0 saturated carbocycles. The highest BCUT2D eigenvalue weighted by Gasteiger charge is 1.85. The molecule has 0 aliphatic heterocycles. The molecule has 3 N–H and O–H groups in total. The Morgan fingerprint density at radius 1 is 1.27 bits per heavy atom. The van der Waals surface area contributed by atoms with Gasteiger partial charge < -0.3 is 5.43 Å². The molecule has 1 rings (SSSR count). The monoisotopic (exact) mass is 170 g/mol. The van der Waals surface area contributed by atoms with Gasteiger partial charge in [0.15, 0.2) is 0 Å². The van der Waals surface area contributed by atoms with E-state index >= 15 is 0 Å². The molecule has 1 aromatic carbocycles. The minimum Gasteiger partial charge on any atom is -0.324 e. The number of nitrogen functional groups attached to an aromatic ring is 1. The first-order valence-corrected chi connectivity index (χ1v) is 3.06. The molecule has 0 spiro atoms. The van der Waals surface area contributed by atoms with Crippen LogP contribution < -0.4 is 11.3 Å². The molecule has 0 unspecified atom stereocenters. The van der Waals surface area contributed by atoms with Crippen LogP contribution in [0.4, 0.5) is 5.69 Å². The van der Waals surface area contributed by atoms with E-state index in [4.69, 9.17) is 5.84 Å². The maximum atomic E-state index is 5.17. The Kier molecular flexibility index (Phi) is 4.34. The molecule has 0 aliphatic carbocycles. The lowest BCUT2D eigenvalue weighted by molar-refractivity contribution is 1.35. The zero-order chi connectivity index (χ0) is 7.40. The molecule has 0 saturated heterocycles. The normalized spacial score (nSPS) is 8.09. The second kappa shape index (κ2) is 4.77. The second-order valence-corrected chi connectivity index (χ2v) is 1.97. The first-order chi connectivity index (χ1) is 4.86. The van der Waals surface area contributed by atoms with Gasteiger partial charge in [0.25, 0.3) is 0 Å². The number of anilines is 1. The van der Waals surface area contributed by atoms with Crippen LogP contribution >= 0.6 is 12.4 Å². The van der Waals surface area contributed by atoms with Crippen molar-refractivity contribution >= 4 is 24.2 Å². The molecule has 0 heterocycles. The SMILES string of the molecule is C=Cc1ccc(NN)cc1.Cl. The topological polar surface area (TPSA) is 38.0 Å². The summed E-state index contributed by atoms with van der Waals surface area (Å²) in [5.74, 6) is 5.17. The number of hydrogen-bond acceptors (Lipinski definition) is 2. The van der Waals surface area contributed by atoms with Crippen molar-refractivity contribution in [3.63, 3.8) is 0 Å². The number of halogens is 1. The van der Waals surface area contributed by atoms with Crippen LogP contribution in [-0.2, 0) is 0 Å². The molecule has 2 nitrogen and oxygen atoms in total. The van der Waals surface area contributed by atoms with Crippen molar-refractivity contribution in [3.05, 3.63) is 36.4 Å². The van der Waals surface area contributed by atoms with E-state index in [1.165, 1.54) is 0 Å². The first-order valence-electron chi connectivity index (χ1n) is 3.06. The summed E-state index contributed by atoms with van der Waals surface area (Å²) in [5, 5.41) is 0. The largest absolute Gasteiger partial charge is 0.324 e. The maximum absolute atomic E-state index is 5.17. The molecule has 0 amide bonds. The van der Waals surface area contributed by atoms with Crippen molar-refractivity contribution in [2.45, 2.75) is 0 Å². The van der Waals surface area contributed by atoms with Crippen LogP contribution in [0.5, 0.6) is 0 Å². The minimum absolute atomic E-state index is 0. The lowest BCUT2D eigenvalue weighted by Gasteiger charge is -1.97. The Morgan fingerprint density at radius 2 is 1.82 bits per heavy atom. The maximum Gasteiger partial charge on any atom is 0.0485 e. The standard InChI is InChI=1S/C8H10N2.ClH/c1-2-7-3-5-8(10-9)6-4-7;/h2-6,10H,1,9H2;1H. The van der Waals surface area contributed by atoms with Gasteiger partial charge in [0.05, 0.1) is 0 Å². The summed E-state index contributed by atoms with van der Waals surface area (Å²) in [6.07, 6.45) is 1.79. The minimum atomic E-state index is 0. The highest BCUT2D eigenvalue weighted by Crippen LogP contribution is 2.07. The van der Waals surface area contributed by atoms with Gasteiger partial charge in [-0.3, -0.25) is 5.84 Å². The Morgan fingerprint density at radius 3 is 2.18 bits per heavy atom. The summed E-state index contributed by atoms with van der Waals surface area (Å²) >= 11 is 0. The van der Waals surface area contributed by atoms with Gasteiger partial charge in [-0.25, -0.2) is 0 Å². The number of hydrazine groups is 1. The summed E-state index contributed by atoms with van der Waals surface area (Å²) in [5.41, 5.74) is 4.55. The predicted molar refractivity (Wildman–Crippen MR) is 51.6 cm³/mol. The van der Waals surface area contributed by atoms with Gasteiger partial charge in [0.2, 0.25) is 0 Å². The van der Waals surface area contributed by atoms with Crippen LogP contribution in [0.15, 0.2) is 30.8 Å². The Bertz CT molecular complexity index is 218. The van der Waals surface area contributed by atoms with Crippen LogP contribution in [0, 0.1) is 0 Å². The molecular formula is C8H11ClN2. The van der Waals surface area contributed by atoms with E-state index in [0.29, 0.717) is 0 Å². The highest BCUT2D eigenvalue weighted by atomic mass is 35.5. The van der Waals surface area contributed by atoms with E-state index in [1.807, 2.05) is 24.3 Å². The Balaban J connectivity index is 0.000001000. The lowest BCUT2D eigenvalue weighted by atomic mass is 10.2. The van der Waals surface area contributed by atoms with E-state index in [2.05, 4.69) is 12.0 Å². The van der Waals surface area contributed by atoms with E-state index < -0.39 is 0 Å². The fourth-order valence-electron chi connectivity index (χ4n) is 0.715. The fourth-order valence-corrected chi connectivity index (χ4v) is 0.715. The molecule has 1 aromatic rings. The van der Waals surface area contributed by atoms with E-state index in [-0.39, 0.29) is 12.4 Å². The van der Waals surface area contributed by atoms with Gasteiger partial charge in [-0.05, 0) is 17.7 Å². The van der Waals surface area contributed by atoms with Gasteiger partial charge in [0.1, 0.15) is 0 Å². The van der Waals surface area contributed by atoms with E-state index in [1.54, 1.807) is 6.08 Å². The molecular weight excluding hydrogens is 160 g/mol. The summed E-state index contributed by atoms with van der Waals surface area (Å²) in [6, 6.07) is 7.69. The first kappa shape index (κ1) is 10.0. The molecule has 60 valence electrons. The lowest BCUT2D eigenvalue weighted by Crippen LogP contribution is -2.05. The van der Waals surface area contributed by atoms with Crippen molar-refractivity contribution in [2.75, 3.05) is 5.43 Å². The molecule has 0 fully saturated rings. The van der Waals surface area contributed by atoms with Gasteiger partial charge in [-0.15, -0.1) is 12.4 Å². The molecule has 0 aromatic heterocycles. The molecule has 3 heteroatoms. The summed E-state index contributed by atoms with van der Waals surface area (Å²) in [4.78, 5) is 0. The number of nitrogens with two attached hydrogens (primary N) is 1. The fraction of sp³-hybridized carbons (Fsp3) is 0. The third-order valence-electron chi connectivity index (χ3n) is 1.31. The van der Waals surface area contributed by atoms with Gasteiger partial charge >= 0.3 is 0 Å². The van der Waals surface area contributed by atoms with Crippen molar-refractivity contribution < 1.29 is 0 Å².